The van der Waals surface area contributed by atoms with E-state index < -0.39 is 0 Å². The first-order valence-electron chi connectivity index (χ1n) is 8.31. The Morgan fingerprint density at radius 1 is 1.30 bits per heavy atom. The first-order chi connectivity index (χ1) is 11.3. The van der Waals surface area contributed by atoms with Crippen molar-refractivity contribution in [3.05, 3.63) is 34.2 Å². The SMILES string of the molecule is O=C1CSC(C2CCCCC2)c2cnn(Cc3cccs3)c2N1. The fourth-order valence-electron chi connectivity index (χ4n) is 3.67. The second-order valence-electron chi connectivity index (χ2n) is 6.36. The Hall–Kier alpha value is -1.27. The van der Waals surface area contributed by atoms with Crippen LogP contribution in [0.1, 0.15) is 47.8 Å². The third-order valence-electron chi connectivity index (χ3n) is 4.79. The summed E-state index contributed by atoms with van der Waals surface area (Å²) >= 11 is 3.53. The van der Waals surface area contributed by atoms with Crippen molar-refractivity contribution in [1.82, 2.24) is 9.78 Å². The number of hydrogen-bond acceptors (Lipinski definition) is 4. The standard InChI is InChI=1S/C17H21N3OS2/c21-15-11-23-16(12-5-2-1-3-6-12)14-9-18-20(17(14)19-15)10-13-7-4-8-22-13/h4,7-9,12,16H,1-3,5-6,10-11H2,(H,19,21). The molecule has 1 saturated carbocycles. The number of thioether (sulfide) groups is 1. The van der Waals surface area contributed by atoms with Crippen LogP contribution in [0.2, 0.25) is 0 Å². The van der Waals surface area contributed by atoms with Crippen molar-refractivity contribution in [3.63, 3.8) is 0 Å². The minimum atomic E-state index is 0.0995. The van der Waals surface area contributed by atoms with Gasteiger partial charge in [0.25, 0.3) is 0 Å². The maximum Gasteiger partial charge on any atom is 0.235 e. The molecule has 1 amide bonds. The maximum absolute atomic E-state index is 12.2. The Bertz CT molecular complexity index is 674. The zero-order valence-corrected chi connectivity index (χ0v) is 14.7. The summed E-state index contributed by atoms with van der Waals surface area (Å²) < 4.78 is 1.96. The lowest BCUT2D eigenvalue weighted by molar-refractivity contribution is -0.113. The van der Waals surface area contributed by atoms with Gasteiger partial charge in [0, 0.05) is 15.7 Å². The Kier molecular flexibility index (Phi) is 4.44. The molecule has 3 heterocycles. The highest BCUT2D eigenvalue weighted by Gasteiger charge is 2.32. The van der Waals surface area contributed by atoms with E-state index in [4.69, 9.17) is 0 Å². The number of anilines is 1. The van der Waals surface area contributed by atoms with Crippen molar-refractivity contribution >= 4 is 34.8 Å². The zero-order chi connectivity index (χ0) is 15.6. The van der Waals surface area contributed by atoms with Gasteiger partial charge >= 0.3 is 0 Å². The maximum atomic E-state index is 12.2. The minimum absolute atomic E-state index is 0.0995. The van der Waals surface area contributed by atoms with Crippen molar-refractivity contribution in [3.8, 4) is 0 Å². The molecule has 122 valence electrons. The third-order valence-corrected chi connectivity index (χ3v) is 7.08. The van der Waals surface area contributed by atoms with Crippen LogP contribution < -0.4 is 5.32 Å². The van der Waals surface area contributed by atoms with E-state index in [-0.39, 0.29) is 5.91 Å². The monoisotopic (exact) mass is 347 g/mol. The third kappa shape index (κ3) is 3.19. The summed E-state index contributed by atoms with van der Waals surface area (Å²) in [6.45, 7) is 0.731. The Labute approximate surface area is 144 Å². The van der Waals surface area contributed by atoms with Gasteiger partial charge in [-0.2, -0.15) is 5.10 Å². The molecule has 0 spiro atoms. The second-order valence-corrected chi connectivity index (χ2v) is 8.53. The number of nitrogens with zero attached hydrogens (tertiary/aromatic N) is 2. The molecule has 1 N–H and O–H groups in total. The lowest BCUT2D eigenvalue weighted by Gasteiger charge is -2.28. The van der Waals surface area contributed by atoms with E-state index in [1.54, 1.807) is 23.1 Å². The van der Waals surface area contributed by atoms with Crippen LogP contribution in [0.5, 0.6) is 0 Å². The van der Waals surface area contributed by atoms with Crippen LogP contribution in [0, 0.1) is 5.92 Å². The van der Waals surface area contributed by atoms with E-state index in [0.29, 0.717) is 16.9 Å². The molecule has 0 aromatic carbocycles. The summed E-state index contributed by atoms with van der Waals surface area (Å²) in [7, 11) is 0. The summed E-state index contributed by atoms with van der Waals surface area (Å²) in [5.74, 6) is 2.25. The van der Waals surface area contributed by atoms with Crippen molar-refractivity contribution < 1.29 is 4.79 Å². The fraction of sp³-hybridized carbons (Fsp3) is 0.529. The molecule has 6 heteroatoms. The Balaban J connectivity index is 1.65. The average Bonchev–Trinajstić information content (AvgIpc) is 3.17. The minimum Gasteiger partial charge on any atom is -0.310 e. The van der Waals surface area contributed by atoms with Gasteiger partial charge in [-0.05, 0) is 30.2 Å². The predicted molar refractivity (Wildman–Crippen MR) is 96.1 cm³/mol. The lowest BCUT2D eigenvalue weighted by Crippen LogP contribution is -2.16. The van der Waals surface area contributed by atoms with Gasteiger partial charge in [-0.1, -0.05) is 25.3 Å². The predicted octanol–water partition coefficient (Wildman–Crippen LogP) is 4.30. The van der Waals surface area contributed by atoms with E-state index in [9.17, 15) is 4.79 Å². The van der Waals surface area contributed by atoms with Crippen LogP contribution in [0.25, 0.3) is 0 Å². The first-order valence-corrected chi connectivity index (χ1v) is 10.2. The molecule has 23 heavy (non-hydrogen) atoms. The summed E-state index contributed by atoms with van der Waals surface area (Å²) in [6, 6.07) is 4.17. The molecular formula is C17H21N3OS2. The highest BCUT2D eigenvalue weighted by atomic mass is 32.2. The molecule has 1 aliphatic heterocycles. The van der Waals surface area contributed by atoms with Gasteiger partial charge in [-0.3, -0.25) is 4.79 Å². The molecule has 0 bridgehead atoms. The van der Waals surface area contributed by atoms with E-state index in [1.807, 2.05) is 10.9 Å². The van der Waals surface area contributed by atoms with Gasteiger partial charge in [-0.25, -0.2) is 4.68 Å². The smallest absolute Gasteiger partial charge is 0.235 e. The molecule has 2 aliphatic rings. The molecule has 1 unspecified atom stereocenters. The molecule has 1 aliphatic carbocycles. The number of hydrogen-bond donors (Lipinski definition) is 1. The molecule has 1 fully saturated rings. The van der Waals surface area contributed by atoms with E-state index in [0.717, 1.165) is 12.4 Å². The van der Waals surface area contributed by atoms with Gasteiger partial charge < -0.3 is 5.32 Å². The van der Waals surface area contributed by atoms with Crippen LogP contribution in [0.15, 0.2) is 23.7 Å². The highest BCUT2D eigenvalue weighted by Crippen LogP contribution is 2.46. The lowest BCUT2D eigenvalue weighted by atomic mass is 9.85. The molecule has 1 atom stereocenters. The normalized spacial score (nSPS) is 22.4. The number of fused-ring (bicyclic) bond motifs is 1. The first kappa shape index (κ1) is 15.3. The second kappa shape index (κ2) is 6.69. The van der Waals surface area contributed by atoms with Crippen LogP contribution in [-0.4, -0.2) is 21.4 Å². The quantitative estimate of drug-likeness (QED) is 0.900. The highest BCUT2D eigenvalue weighted by molar-refractivity contribution is 8.00. The van der Waals surface area contributed by atoms with E-state index >= 15 is 0 Å². The Morgan fingerprint density at radius 3 is 2.96 bits per heavy atom. The van der Waals surface area contributed by atoms with Gasteiger partial charge in [-0.15, -0.1) is 23.1 Å². The van der Waals surface area contributed by atoms with Crippen molar-refractivity contribution in [2.75, 3.05) is 11.1 Å². The van der Waals surface area contributed by atoms with Gasteiger partial charge in [0.15, 0.2) is 0 Å². The van der Waals surface area contributed by atoms with Crippen molar-refractivity contribution in [2.45, 2.75) is 43.9 Å². The average molecular weight is 348 g/mol. The van der Waals surface area contributed by atoms with Crippen LogP contribution in [0.3, 0.4) is 0 Å². The molecule has 4 rings (SSSR count). The molecule has 4 nitrogen and oxygen atoms in total. The van der Waals surface area contributed by atoms with Gasteiger partial charge in [0.1, 0.15) is 5.82 Å². The molecular weight excluding hydrogens is 326 g/mol. The van der Waals surface area contributed by atoms with Crippen molar-refractivity contribution in [2.24, 2.45) is 5.92 Å². The number of carbonyl (C=O) groups is 1. The summed E-state index contributed by atoms with van der Waals surface area (Å²) in [4.78, 5) is 13.4. The number of rotatable bonds is 3. The topological polar surface area (TPSA) is 46.9 Å². The van der Waals surface area contributed by atoms with E-state index in [2.05, 4.69) is 27.9 Å². The number of thiophene rings is 1. The van der Waals surface area contributed by atoms with Crippen LogP contribution in [0.4, 0.5) is 5.82 Å². The van der Waals surface area contributed by atoms with Crippen molar-refractivity contribution in [1.29, 1.82) is 0 Å². The van der Waals surface area contributed by atoms with Crippen LogP contribution in [-0.2, 0) is 11.3 Å². The zero-order valence-electron chi connectivity index (χ0n) is 13.0. The number of nitrogens with one attached hydrogen (secondary N) is 1. The molecule has 2 aromatic heterocycles. The van der Waals surface area contributed by atoms with E-state index in [1.165, 1.54) is 42.5 Å². The number of carbonyl (C=O) groups excluding carboxylic acids is 1. The molecule has 2 aromatic rings. The number of aromatic nitrogens is 2. The largest absolute Gasteiger partial charge is 0.310 e. The van der Waals surface area contributed by atoms with Gasteiger partial charge in [0.2, 0.25) is 5.91 Å². The Morgan fingerprint density at radius 2 is 2.17 bits per heavy atom. The molecule has 0 saturated heterocycles. The number of amides is 1. The fourth-order valence-corrected chi connectivity index (χ4v) is 5.65. The molecule has 0 radical (unpaired) electrons. The summed E-state index contributed by atoms with van der Waals surface area (Å²) in [5.41, 5.74) is 1.23. The van der Waals surface area contributed by atoms with Crippen LogP contribution >= 0.6 is 23.1 Å². The summed E-state index contributed by atoms with van der Waals surface area (Å²) in [6.07, 6.45) is 8.54. The van der Waals surface area contributed by atoms with Gasteiger partial charge in [0.05, 0.1) is 18.5 Å². The summed E-state index contributed by atoms with van der Waals surface area (Å²) in [5, 5.41) is 10.2.